The minimum absolute atomic E-state index is 0.772. The fraction of sp³-hybridized carbons (Fsp3) is 0. The molecule has 2 heterocycles. The Morgan fingerprint density at radius 3 is 2.15 bits per heavy atom. The predicted molar refractivity (Wildman–Crippen MR) is 89.3 cm³/mol. The minimum atomic E-state index is 0.772. The summed E-state index contributed by atoms with van der Waals surface area (Å²) in [4.78, 5) is 0. The summed E-state index contributed by atoms with van der Waals surface area (Å²) in [5, 5.41) is 15.7. The van der Waals surface area contributed by atoms with Crippen molar-refractivity contribution < 1.29 is 0 Å². The molecule has 100 valence electrons. The number of aromatic amines is 2. The molecule has 6 heteroatoms. The molecule has 0 saturated carbocycles. The van der Waals surface area contributed by atoms with Crippen LogP contribution < -0.4 is 5.73 Å². The highest BCUT2D eigenvalue weighted by Crippen LogP contribution is 2.14. The van der Waals surface area contributed by atoms with Crippen LogP contribution in [0.3, 0.4) is 0 Å². The van der Waals surface area contributed by atoms with Crippen molar-refractivity contribution >= 4 is 50.1 Å². The van der Waals surface area contributed by atoms with Crippen molar-refractivity contribution in [1.82, 2.24) is 20.4 Å². The van der Waals surface area contributed by atoms with Gasteiger partial charge in [0.1, 0.15) is 0 Å². The van der Waals surface area contributed by atoms with Crippen LogP contribution in [0.1, 0.15) is 0 Å². The van der Waals surface area contributed by atoms with E-state index in [1.54, 1.807) is 6.20 Å². The smallest absolute Gasteiger partial charge is 0.0651 e. The molecule has 20 heavy (non-hydrogen) atoms. The van der Waals surface area contributed by atoms with Gasteiger partial charge < -0.3 is 5.73 Å². The lowest BCUT2D eigenvalue weighted by Crippen LogP contribution is -1.81. The van der Waals surface area contributed by atoms with Gasteiger partial charge in [0.2, 0.25) is 0 Å². The second-order valence-electron chi connectivity index (χ2n) is 4.32. The van der Waals surface area contributed by atoms with E-state index in [0.717, 1.165) is 22.1 Å². The fourth-order valence-corrected chi connectivity index (χ4v) is 2.39. The van der Waals surface area contributed by atoms with Crippen LogP contribution in [0.4, 0.5) is 5.69 Å². The number of hydrogen-bond donors (Lipinski definition) is 3. The number of nitrogens with two attached hydrogens (primary N) is 1. The van der Waals surface area contributed by atoms with Gasteiger partial charge in [-0.15, -0.1) is 0 Å². The van der Waals surface area contributed by atoms with E-state index in [1.165, 1.54) is 8.96 Å². The highest BCUT2D eigenvalue weighted by molar-refractivity contribution is 14.1. The van der Waals surface area contributed by atoms with Crippen molar-refractivity contribution in [3.05, 3.63) is 52.4 Å². The maximum atomic E-state index is 5.54. The molecule has 0 radical (unpaired) electrons. The quantitative estimate of drug-likeness (QED) is 0.325. The predicted octanol–water partition coefficient (Wildman–Crippen LogP) is 3.31. The van der Waals surface area contributed by atoms with E-state index in [-0.39, 0.29) is 0 Å². The first-order valence-corrected chi connectivity index (χ1v) is 7.07. The van der Waals surface area contributed by atoms with Crippen molar-refractivity contribution in [2.75, 3.05) is 5.73 Å². The Kier molecular flexibility index (Phi) is 3.55. The first-order valence-electron chi connectivity index (χ1n) is 5.99. The topological polar surface area (TPSA) is 83.4 Å². The van der Waals surface area contributed by atoms with Gasteiger partial charge in [0.05, 0.1) is 23.4 Å². The number of nitrogen functional groups attached to an aromatic ring is 1. The SMILES string of the molecule is Ic1ccc2[nH]ncc2c1.Nc1ccc2[nH]ncc2c1. The van der Waals surface area contributed by atoms with Gasteiger partial charge in [0, 0.05) is 20.0 Å². The second kappa shape index (κ2) is 5.49. The van der Waals surface area contributed by atoms with Gasteiger partial charge in [-0.2, -0.15) is 10.2 Å². The summed E-state index contributed by atoms with van der Waals surface area (Å²) in [5.74, 6) is 0. The summed E-state index contributed by atoms with van der Waals surface area (Å²) in [5.41, 5.74) is 8.43. The van der Waals surface area contributed by atoms with E-state index in [4.69, 9.17) is 5.73 Å². The summed E-state index contributed by atoms with van der Waals surface area (Å²) < 4.78 is 1.24. The van der Waals surface area contributed by atoms with Crippen LogP contribution in [0, 0.1) is 3.57 Å². The number of fused-ring (bicyclic) bond motifs is 2. The second-order valence-corrected chi connectivity index (χ2v) is 5.56. The molecular weight excluding hydrogens is 365 g/mol. The van der Waals surface area contributed by atoms with Crippen LogP contribution in [0.25, 0.3) is 21.8 Å². The fourth-order valence-electron chi connectivity index (χ4n) is 1.87. The van der Waals surface area contributed by atoms with Crippen LogP contribution in [0.15, 0.2) is 48.8 Å². The van der Waals surface area contributed by atoms with Gasteiger partial charge in [-0.25, -0.2) is 0 Å². The standard InChI is InChI=1S/C7H5IN2.C7H7N3/c2*8-6-1-2-7-5(3-6)4-9-10-7/h1-4H,(H,9,10);1-4H,8H2,(H,9,10). The van der Waals surface area contributed by atoms with Crippen LogP contribution in [0.5, 0.6) is 0 Å². The van der Waals surface area contributed by atoms with Crippen molar-refractivity contribution in [3.63, 3.8) is 0 Å². The van der Waals surface area contributed by atoms with Gasteiger partial charge in [0.15, 0.2) is 0 Å². The molecule has 4 N–H and O–H groups in total. The number of halogens is 1. The Morgan fingerprint density at radius 1 is 0.850 bits per heavy atom. The Balaban J connectivity index is 0.000000121. The Labute approximate surface area is 128 Å². The number of benzene rings is 2. The van der Waals surface area contributed by atoms with Gasteiger partial charge in [-0.1, -0.05) is 0 Å². The molecule has 2 aromatic carbocycles. The highest BCUT2D eigenvalue weighted by atomic mass is 127. The third-order valence-corrected chi connectivity index (χ3v) is 3.54. The molecule has 4 rings (SSSR count). The van der Waals surface area contributed by atoms with E-state index in [2.05, 4.69) is 55.1 Å². The molecule has 0 saturated heterocycles. The molecule has 5 nitrogen and oxygen atoms in total. The van der Waals surface area contributed by atoms with E-state index in [0.29, 0.717) is 0 Å². The monoisotopic (exact) mass is 377 g/mol. The van der Waals surface area contributed by atoms with Crippen LogP contribution in [0.2, 0.25) is 0 Å². The summed E-state index contributed by atoms with van der Waals surface area (Å²) in [7, 11) is 0. The number of nitrogens with zero attached hydrogens (tertiary/aromatic N) is 2. The molecule has 0 fully saturated rings. The molecule has 0 atom stereocenters. The third-order valence-electron chi connectivity index (χ3n) is 2.87. The summed E-state index contributed by atoms with van der Waals surface area (Å²) in [6.45, 7) is 0. The van der Waals surface area contributed by atoms with Crippen LogP contribution in [-0.4, -0.2) is 20.4 Å². The molecule has 0 amide bonds. The molecule has 0 aliphatic rings. The first kappa shape index (κ1) is 12.9. The normalized spacial score (nSPS) is 10.4. The van der Waals surface area contributed by atoms with E-state index in [1.807, 2.05) is 30.5 Å². The zero-order valence-electron chi connectivity index (χ0n) is 10.5. The van der Waals surface area contributed by atoms with E-state index in [9.17, 15) is 0 Å². The van der Waals surface area contributed by atoms with E-state index < -0.39 is 0 Å². The summed E-state index contributed by atoms with van der Waals surface area (Å²) >= 11 is 2.28. The van der Waals surface area contributed by atoms with Gasteiger partial charge in [-0.05, 0) is 59.0 Å². The lowest BCUT2D eigenvalue weighted by atomic mass is 10.2. The Hall–Kier alpha value is -2.09. The van der Waals surface area contributed by atoms with Gasteiger partial charge in [-0.3, -0.25) is 10.2 Å². The minimum Gasteiger partial charge on any atom is -0.399 e. The third kappa shape index (κ3) is 2.74. The maximum absolute atomic E-state index is 5.54. The van der Waals surface area contributed by atoms with Crippen LogP contribution >= 0.6 is 22.6 Å². The average molecular weight is 377 g/mol. The average Bonchev–Trinajstić information content (AvgIpc) is 3.06. The zero-order chi connectivity index (χ0) is 13.9. The lowest BCUT2D eigenvalue weighted by Gasteiger charge is -1.89. The number of nitrogens with one attached hydrogen (secondary N) is 2. The first-order chi connectivity index (χ1) is 9.72. The van der Waals surface area contributed by atoms with Crippen molar-refractivity contribution in [3.8, 4) is 0 Å². The Morgan fingerprint density at radius 2 is 1.45 bits per heavy atom. The zero-order valence-corrected chi connectivity index (χ0v) is 12.6. The van der Waals surface area contributed by atoms with Crippen molar-refractivity contribution in [2.45, 2.75) is 0 Å². The number of H-pyrrole nitrogens is 2. The summed E-state index contributed by atoms with van der Waals surface area (Å²) in [6.07, 6.45) is 3.59. The molecule has 0 unspecified atom stereocenters. The van der Waals surface area contributed by atoms with Crippen LogP contribution in [-0.2, 0) is 0 Å². The molecular formula is C14H12IN5. The van der Waals surface area contributed by atoms with E-state index >= 15 is 0 Å². The molecule has 0 aliphatic heterocycles. The molecule has 0 aliphatic carbocycles. The van der Waals surface area contributed by atoms with Gasteiger partial charge >= 0.3 is 0 Å². The lowest BCUT2D eigenvalue weighted by molar-refractivity contribution is 1.12. The Bertz CT molecular complexity index is 777. The number of anilines is 1. The molecule has 0 bridgehead atoms. The number of rotatable bonds is 0. The number of hydrogen-bond acceptors (Lipinski definition) is 3. The molecule has 4 aromatic rings. The van der Waals surface area contributed by atoms with Crippen molar-refractivity contribution in [1.29, 1.82) is 0 Å². The largest absolute Gasteiger partial charge is 0.399 e. The molecule has 2 aromatic heterocycles. The maximum Gasteiger partial charge on any atom is 0.0651 e. The van der Waals surface area contributed by atoms with Gasteiger partial charge in [0.25, 0.3) is 0 Å². The highest BCUT2D eigenvalue weighted by Gasteiger charge is 1.93. The molecule has 0 spiro atoms. The number of aromatic nitrogens is 4. The summed E-state index contributed by atoms with van der Waals surface area (Å²) in [6, 6.07) is 11.8. The van der Waals surface area contributed by atoms with Crippen molar-refractivity contribution in [2.24, 2.45) is 0 Å².